The molecule has 3 nitrogen and oxygen atoms in total. The minimum absolute atomic E-state index is 0.126. The summed E-state index contributed by atoms with van der Waals surface area (Å²) in [5.74, 6) is -5.94. The summed E-state index contributed by atoms with van der Waals surface area (Å²) in [5, 5.41) is 0. The van der Waals surface area contributed by atoms with E-state index < -0.39 is 38.2 Å². The molecule has 2 aromatic rings. The molecule has 1 N–H and O–H groups in total. The molecule has 0 aromatic heterocycles. The molecule has 2 rings (SSSR count). The van der Waals surface area contributed by atoms with Crippen LogP contribution in [0.15, 0.2) is 35.2 Å². The molecular weight excluding hydrogens is 310 g/mol. The van der Waals surface area contributed by atoms with Gasteiger partial charge in [-0.05, 0) is 36.8 Å². The maximum Gasteiger partial charge on any atom is 0.264 e. The molecule has 112 valence electrons. The summed E-state index contributed by atoms with van der Waals surface area (Å²) in [7, 11) is -4.52. The molecule has 0 saturated heterocycles. The molecule has 0 aliphatic rings. The van der Waals surface area contributed by atoms with Gasteiger partial charge in [-0.1, -0.05) is 6.07 Å². The van der Waals surface area contributed by atoms with Crippen LogP contribution in [0, 0.1) is 30.2 Å². The van der Waals surface area contributed by atoms with Gasteiger partial charge in [0, 0.05) is 0 Å². The third-order valence-electron chi connectivity index (χ3n) is 2.73. The van der Waals surface area contributed by atoms with E-state index >= 15 is 0 Å². The highest BCUT2D eigenvalue weighted by Crippen LogP contribution is 2.24. The fourth-order valence-corrected chi connectivity index (χ4v) is 2.81. The van der Waals surface area contributed by atoms with Gasteiger partial charge in [0.1, 0.15) is 10.7 Å². The van der Waals surface area contributed by atoms with Crippen molar-refractivity contribution in [3.05, 3.63) is 59.2 Å². The molecule has 0 spiro atoms. The Morgan fingerprint density at radius 1 is 0.952 bits per heavy atom. The van der Waals surface area contributed by atoms with E-state index in [-0.39, 0.29) is 5.69 Å². The van der Waals surface area contributed by atoms with Crippen LogP contribution in [-0.4, -0.2) is 8.42 Å². The van der Waals surface area contributed by atoms with Crippen LogP contribution in [0.3, 0.4) is 0 Å². The Morgan fingerprint density at radius 3 is 2.29 bits per heavy atom. The Hall–Kier alpha value is -2.09. The molecule has 0 aliphatic carbocycles. The van der Waals surface area contributed by atoms with Gasteiger partial charge < -0.3 is 0 Å². The second-order valence-electron chi connectivity index (χ2n) is 4.24. The van der Waals surface area contributed by atoms with Crippen LogP contribution >= 0.6 is 0 Å². The van der Waals surface area contributed by atoms with Crippen LogP contribution < -0.4 is 4.72 Å². The van der Waals surface area contributed by atoms with Gasteiger partial charge in [0.2, 0.25) is 0 Å². The Labute approximate surface area is 118 Å². The second kappa shape index (κ2) is 5.36. The number of nitrogens with one attached hydrogen (secondary N) is 1. The van der Waals surface area contributed by atoms with Gasteiger partial charge in [0.25, 0.3) is 10.0 Å². The molecule has 0 atom stereocenters. The summed E-state index contributed by atoms with van der Waals surface area (Å²) >= 11 is 0. The van der Waals surface area contributed by atoms with Crippen LogP contribution in [0.5, 0.6) is 0 Å². The number of aryl methyl sites for hydroxylation is 1. The molecule has 0 heterocycles. The van der Waals surface area contributed by atoms with Gasteiger partial charge in [0.15, 0.2) is 17.5 Å². The van der Waals surface area contributed by atoms with Crippen molar-refractivity contribution < 1.29 is 26.0 Å². The zero-order valence-electron chi connectivity index (χ0n) is 10.6. The maximum atomic E-state index is 13.5. The Balaban J connectivity index is 2.49. The molecule has 8 heteroatoms. The van der Waals surface area contributed by atoms with E-state index in [1.54, 1.807) is 0 Å². The minimum atomic E-state index is -4.52. The average molecular weight is 319 g/mol. The van der Waals surface area contributed by atoms with Crippen LogP contribution in [0.1, 0.15) is 5.56 Å². The number of rotatable bonds is 3. The van der Waals surface area contributed by atoms with Crippen molar-refractivity contribution in [2.45, 2.75) is 11.8 Å². The lowest BCUT2D eigenvalue weighted by molar-refractivity contribution is 0.432. The highest BCUT2D eigenvalue weighted by Gasteiger charge is 2.24. The number of halogens is 4. The van der Waals surface area contributed by atoms with Crippen molar-refractivity contribution in [1.82, 2.24) is 0 Å². The van der Waals surface area contributed by atoms with Crippen molar-refractivity contribution in [2.75, 3.05) is 4.72 Å². The third kappa shape index (κ3) is 2.99. The molecular formula is C13H9F4NO2S. The lowest BCUT2D eigenvalue weighted by atomic mass is 10.2. The summed E-state index contributed by atoms with van der Waals surface area (Å²) < 4.78 is 78.5. The van der Waals surface area contributed by atoms with E-state index in [2.05, 4.69) is 0 Å². The van der Waals surface area contributed by atoms with E-state index in [4.69, 9.17) is 0 Å². The summed E-state index contributed by atoms with van der Waals surface area (Å²) in [6.07, 6.45) is 0. The molecule has 0 saturated carbocycles. The first kappa shape index (κ1) is 15.3. The number of sulfonamides is 1. The molecule has 2 aromatic carbocycles. The second-order valence-corrected chi connectivity index (χ2v) is 5.89. The van der Waals surface area contributed by atoms with Crippen molar-refractivity contribution in [2.24, 2.45) is 0 Å². The smallest absolute Gasteiger partial charge is 0.264 e. The standard InChI is InChI=1S/C13H9F4NO2S/c1-7-2-3-8(14)6-10(7)18-21(19,20)11-5-4-9(15)12(16)13(11)17/h2-6,18H,1H3. The Kier molecular flexibility index (Phi) is 3.91. The summed E-state index contributed by atoms with van der Waals surface area (Å²) in [5.41, 5.74) is 0.252. The Bertz CT molecular complexity index is 806. The SMILES string of the molecule is Cc1ccc(F)cc1NS(=O)(=O)c1ccc(F)c(F)c1F. The quantitative estimate of drug-likeness (QED) is 0.696. The van der Waals surface area contributed by atoms with Crippen molar-refractivity contribution >= 4 is 15.7 Å². The first-order chi connectivity index (χ1) is 9.72. The first-order valence-corrected chi connectivity index (χ1v) is 7.13. The summed E-state index contributed by atoms with van der Waals surface area (Å²) in [6.45, 7) is 1.50. The lowest BCUT2D eigenvalue weighted by Crippen LogP contribution is -2.16. The highest BCUT2D eigenvalue weighted by atomic mass is 32.2. The minimum Gasteiger partial charge on any atom is -0.279 e. The molecule has 0 unspecified atom stereocenters. The van der Waals surface area contributed by atoms with Gasteiger partial charge in [-0.25, -0.2) is 26.0 Å². The zero-order chi connectivity index (χ0) is 15.8. The van der Waals surface area contributed by atoms with Crippen LogP contribution in [-0.2, 0) is 10.0 Å². The lowest BCUT2D eigenvalue weighted by Gasteiger charge is -2.11. The van der Waals surface area contributed by atoms with Gasteiger partial charge >= 0.3 is 0 Å². The molecule has 0 radical (unpaired) electrons. The predicted molar refractivity (Wildman–Crippen MR) is 68.3 cm³/mol. The molecule has 0 bridgehead atoms. The van der Waals surface area contributed by atoms with E-state index in [0.29, 0.717) is 17.7 Å². The zero-order valence-corrected chi connectivity index (χ0v) is 11.4. The largest absolute Gasteiger partial charge is 0.279 e. The predicted octanol–water partition coefficient (Wildman–Crippen LogP) is 3.35. The molecule has 0 aliphatic heterocycles. The number of hydrogen-bond donors (Lipinski definition) is 1. The normalized spacial score (nSPS) is 11.5. The maximum absolute atomic E-state index is 13.5. The summed E-state index contributed by atoms with van der Waals surface area (Å²) in [6, 6.07) is 4.40. The van der Waals surface area contributed by atoms with E-state index in [1.807, 2.05) is 4.72 Å². The first-order valence-electron chi connectivity index (χ1n) is 5.65. The molecule has 0 amide bonds. The number of hydrogen-bond acceptors (Lipinski definition) is 2. The number of benzene rings is 2. The van der Waals surface area contributed by atoms with Gasteiger partial charge in [-0.3, -0.25) is 4.72 Å². The third-order valence-corrected chi connectivity index (χ3v) is 4.12. The van der Waals surface area contributed by atoms with Crippen molar-refractivity contribution in [3.63, 3.8) is 0 Å². The highest BCUT2D eigenvalue weighted by molar-refractivity contribution is 7.92. The van der Waals surface area contributed by atoms with E-state index in [1.165, 1.54) is 13.0 Å². The van der Waals surface area contributed by atoms with E-state index in [9.17, 15) is 26.0 Å². The fourth-order valence-electron chi connectivity index (χ4n) is 1.62. The summed E-state index contributed by atoms with van der Waals surface area (Å²) in [4.78, 5) is -1.06. The topological polar surface area (TPSA) is 46.2 Å². The van der Waals surface area contributed by atoms with Gasteiger partial charge in [-0.2, -0.15) is 0 Å². The van der Waals surface area contributed by atoms with Crippen molar-refractivity contribution in [1.29, 1.82) is 0 Å². The van der Waals surface area contributed by atoms with Gasteiger partial charge in [0.05, 0.1) is 5.69 Å². The van der Waals surface area contributed by atoms with E-state index in [0.717, 1.165) is 12.1 Å². The average Bonchev–Trinajstić information content (AvgIpc) is 2.39. The van der Waals surface area contributed by atoms with Crippen LogP contribution in [0.4, 0.5) is 23.2 Å². The number of anilines is 1. The monoisotopic (exact) mass is 319 g/mol. The van der Waals surface area contributed by atoms with Crippen LogP contribution in [0.2, 0.25) is 0 Å². The van der Waals surface area contributed by atoms with Gasteiger partial charge in [-0.15, -0.1) is 0 Å². The molecule has 0 fully saturated rings. The van der Waals surface area contributed by atoms with Crippen molar-refractivity contribution in [3.8, 4) is 0 Å². The molecule has 21 heavy (non-hydrogen) atoms. The fraction of sp³-hybridized carbons (Fsp3) is 0.0769. The Morgan fingerprint density at radius 2 is 1.62 bits per heavy atom. The van der Waals surface area contributed by atoms with Crippen LogP contribution in [0.25, 0.3) is 0 Å².